The third-order valence-corrected chi connectivity index (χ3v) is 5.84. The molecule has 154 valence electrons. The molecule has 30 heavy (non-hydrogen) atoms. The van der Waals surface area contributed by atoms with E-state index in [2.05, 4.69) is 10.6 Å². The summed E-state index contributed by atoms with van der Waals surface area (Å²) < 4.78 is 4.88. The van der Waals surface area contributed by atoms with E-state index in [-0.39, 0.29) is 22.4 Å². The molecule has 2 amide bonds. The number of carbonyl (C=O) groups excluding carboxylic acids is 3. The van der Waals surface area contributed by atoms with Gasteiger partial charge in [-0.3, -0.25) is 9.59 Å². The lowest BCUT2D eigenvalue weighted by atomic mass is 10.1. The number of nitrogens with one attached hydrogen (secondary N) is 2. The van der Waals surface area contributed by atoms with Gasteiger partial charge in [0.25, 0.3) is 11.8 Å². The molecule has 0 aliphatic heterocycles. The van der Waals surface area contributed by atoms with Crippen molar-refractivity contribution in [1.29, 1.82) is 0 Å². The number of methoxy groups -OCH3 is 1. The number of esters is 1. The van der Waals surface area contributed by atoms with E-state index in [1.54, 1.807) is 25.1 Å². The van der Waals surface area contributed by atoms with Crippen molar-refractivity contribution < 1.29 is 19.1 Å². The van der Waals surface area contributed by atoms with Crippen molar-refractivity contribution in [2.75, 3.05) is 17.7 Å². The number of thiophene rings is 1. The Hall–Kier alpha value is -3.45. The molecule has 7 heteroatoms. The number of benzene rings is 2. The van der Waals surface area contributed by atoms with Gasteiger partial charge in [0.15, 0.2) is 0 Å². The molecule has 0 atom stereocenters. The maximum absolute atomic E-state index is 12.9. The van der Waals surface area contributed by atoms with E-state index in [9.17, 15) is 14.4 Å². The van der Waals surface area contributed by atoms with Crippen LogP contribution in [0.4, 0.5) is 10.7 Å². The highest BCUT2D eigenvalue weighted by molar-refractivity contribution is 7.19. The first-order valence-corrected chi connectivity index (χ1v) is 10.1. The molecule has 0 spiro atoms. The number of amides is 2. The van der Waals surface area contributed by atoms with Gasteiger partial charge in [0.05, 0.1) is 17.6 Å². The summed E-state index contributed by atoms with van der Waals surface area (Å²) in [6.07, 6.45) is 0. The molecule has 0 radical (unpaired) electrons. The van der Waals surface area contributed by atoms with Gasteiger partial charge in [-0.05, 0) is 55.7 Å². The minimum Gasteiger partial charge on any atom is -0.465 e. The van der Waals surface area contributed by atoms with Gasteiger partial charge in [0.2, 0.25) is 0 Å². The molecule has 0 unspecified atom stereocenters. The van der Waals surface area contributed by atoms with Gasteiger partial charge < -0.3 is 15.4 Å². The Kier molecular flexibility index (Phi) is 6.32. The minimum absolute atomic E-state index is 0.179. The summed E-state index contributed by atoms with van der Waals surface area (Å²) in [5.74, 6) is -1.33. The SMILES string of the molecule is COC(=O)c1c(NC(=O)c2ccccc2C)sc(C(=O)Nc2cccc(C)c2)c1C. The van der Waals surface area contributed by atoms with Gasteiger partial charge in [-0.25, -0.2) is 4.79 Å². The van der Waals surface area contributed by atoms with Gasteiger partial charge in [0, 0.05) is 11.3 Å². The highest BCUT2D eigenvalue weighted by atomic mass is 32.1. The molecule has 0 saturated carbocycles. The molecule has 1 aromatic heterocycles. The highest BCUT2D eigenvalue weighted by Crippen LogP contribution is 2.34. The number of carbonyl (C=O) groups is 3. The van der Waals surface area contributed by atoms with Gasteiger partial charge in [-0.2, -0.15) is 0 Å². The van der Waals surface area contributed by atoms with Gasteiger partial charge in [-0.15, -0.1) is 11.3 Å². The van der Waals surface area contributed by atoms with Gasteiger partial charge in [0.1, 0.15) is 5.00 Å². The number of ether oxygens (including phenoxy) is 1. The summed E-state index contributed by atoms with van der Waals surface area (Å²) in [7, 11) is 1.26. The normalized spacial score (nSPS) is 10.4. The minimum atomic E-state index is -0.613. The third-order valence-electron chi connectivity index (χ3n) is 4.64. The van der Waals surface area contributed by atoms with Crippen LogP contribution in [0, 0.1) is 20.8 Å². The Labute approximate surface area is 178 Å². The average molecular weight is 423 g/mol. The molecule has 1 heterocycles. The summed E-state index contributed by atoms with van der Waals surface area (Å²) in [5.41, 5.74) is 3.59. The predicted octanol–water partition coefficient (Wildman–Crippen LogP) is 4.96. The fraction of sp³-hybridized carbons (Fsp3) is 0.174. The van der Waals surface area contributed by atoms with Crippen LogP contribution in [0.25, 0.3) is 0 Å². The lowest BCUT2D eigenvalue weighted by Gasteiger charge is -2.08. The molecule has 6 nitrogen and oxygen atoms in total. The van der Waals surface area contributed by atoms with Crippen molar-refractivity contribution in [3.05, 3.63) is 81.2 Å². The summed E-state index contributed by atoms with van der Waals surface area (Å²) in [5, 5.41) is 5.89. The topological polar surface area (TPSA) is 84.5 Å². The first-order chi connectivity index (χ1) is 14.3. The van der Waals surface area contributed by atoms with Crippen LogP contribution >= 0.6 is 11.3 Å². The zero-order valence-corrected chi connectivity index (χ0v) is 18.0. The van der Waals surface area contributed by atoms with Crippen LogP contribution in [0.5, 0.6) is 0 Å². The fourth-order valence-electron chi connectivity index (χ4n) is 3.07. The molecule has 3 aromatic rings. The monoisotopic (exact) mass is 422 g/mol. The number of aryl methyl sites for hydroxylation is 2. The first-order valence-electron chi connectivity index (χ1n) is 9.28. The fourth-order valence-corrected chi connectivity index (χ4v) is 4.16. The molecule has 0 aliphatic carbocycles. The highest BCUT2D eigenvalue weighted by Gasteiger charge is 2.27. The van der Waals surface area contributed by atoms with Crippen LogP contribution < -0.4 is 10.6 Å². The number of hydrogen-bond acceptors (Lipinski definition) is 5. The number of rotatable bonds is 5. The van der Waals surface area contributed by atoms with E-state index in [4.69, 9.17) is 4.74 Å². The quantitative estimate of drug-likeness (QED) is 0.569. The van der Waals surface area contributed by atoms with E-state index in [1.807, 2.05) is 44.2 Å². The summed E-state index contributed by atoms with van der Waals surface area (Å²) in [6.45, 7) is 5.43. The van der Waals surface area contributed by atoms with Crippen LogP contribution in [0.2, 0.25) is 0 Å². The molecule has 2 aromatic carbocycles. The predicted molar refractivity (Wildman–Crippen MR) is 119 cm³/mol. The lowest BCUT2D eigenvalue weighted by Crippen LogP contribution is -2.15. The Morgan fingerprint density at radius 2 is 1.63 bits per heavy atom. The Balaban J connectivity index is 1.95. The second-order valence-electron chi connectivity index (χ2n) is 6.84. The number of anilines is 2. The van der Waals surface area contributed by atoms with Crippen molar-refractivity contribution >= 4 is 39.8 Å². The van der Waals surface area contributed by atoms with Crippen molar-refractivity contribution in [3.63, 3.8) is 0 Å². The standard InChI is InChI=1S/C23H22N2O4S/c1-13-8-7-10-16(12-13)24-21(27)19-15(3)18(23(28)29-4)22(30-19)25-20(26)17-11-6-5-9-14(17)2/h5-12H,1-4H3,(H,24,27)(H,25,26). The van der Waals surface area contributed by atoms with Crippen molar-refractivity contribution in [3.8, 4) is 0 Å². The average Bonchev–Trinajstić information content (AvgIpc) is 3.03. The van der Waals surface area contributed by atoms with Crippen LogP contribution in [0.1, 0.15) is 47.1 Å². The van der Waals surface area contributed by atoms with E-state index >= 15 is 0 Å². The largest absolute Gasteiger partial charge is 0.465 e. The van der Waals surface area contributed by atoms with Crippen molar-refractivity contribution in [2.45, 2.75) is 20.8 Å². The van der Waals surface area contributed by atoms with E-state index < -0.39 is 5.97 Å². The summed E-state index contributed by atoms with van der Waals surface area (Å²) in [6, 6.07) is 14.6. The van der Waals surface area contributed by atoms with Crippen molar-refractivity contribution in [2.24, 2.45) is 0 Å². The Bertz CT molecular complexity index is 1130. The smallest absolute Gasteiger partial charge is 0.341 e. The molecule has 0 saturated heterocycles. The Morgan fingerprint density at radius 3 is 2.30 bits per heavy atom. The second-order valence-corrected chi connectivity index (χ2v) is 7.87. The maximum atomic E-state index is 12.9. The zero-order chi connectivity index (χ0) is 21.8. The second kappa shape index (κ2) is 8.92. The van der Waals surface area contributed by atoms with Crippen LogP contribution in [0.15, 0.2) is 48.5 Å². The van der Waals surface area contributed by atoms with E-state index in [0.717, 1.165) is 22.5 Å². The lowest BCUT2D eigenvalue weighted by molar-refractivity contribution is 0.0601. The third kappa shape index (κ3) is 4.41. The maximum Gasteiger partial charge on any atom is 0.341 e. The van der Waals surface area contributed by atoms with Gasteiger partial charge >= 0.3 is 5.97 Å². The molecular formula is C23H22N2O4S. The van der Waals surface area contributed by atoms with Crippen LogP contribution in [-0.4, -0.2) is 24.9 Å². The van der Waals surface area contributed by atoms with E-state index in [1.165, 1.54) is 7.11 Å². The Morgan fingerprint density at radius 1 is 0.900 bits per heavy atom. The molecule has 2 N–H and O–H groups in total. The molecule has 0 aliphatic rings. The molecule has 3 rings (SSSR count). The summed E-state index contributed by atoms with van der Waals surface area (Å²) >= 11 is 1.05. The molecular weight excluding hydrogens is 400 g/mol. The van der Waals surface area contributed by atoms with Crippen LogP contribution in [-0.2, 0) is 4.74 Å². The summed E-state index contributed by atoms with van der Waals surface area (Å²) in [4.78, 5) is 38.3. The first kappa shape index (κ1) is 21.3. The van der Waals surface area contributed by atoms with Crippen molar-refractivity contribution in [1.82, 2.24) is 0 Å². The van der Waals surface area contributed by atoms with Crippen LogP contribution in [0.3, 0.4) is 0 Å². The van der Waals surface area contributed by atoms with Gasteiger partial charge in [-0.1, -0.05) is 30.3 Å². The molecule has 0 bridgehead atoms. The molecule has 0 fully saturated rings. The zero-order valence-electron chi connectivity index (χ0n) is 17.2. The van der Waals surface area contributed by atoms with E-state index in [0.29, 0.717) is 21.7 Å². The number of hydrogen-bond donors (Lipinski definition) is 2.